The number of carbonyl (C=O) groups is 2. The van der Waals surface area contributed by atoms with Crippen LogP contribution in [0.1, 0.15) is 16.8 Å². The number of aromatic nitrogens is 1. The Labute approximate surface area is 94.6 Å². The normalized spacial score (nSPS) is 9.67. The number of carbonyl (C=O) groups excluding carboxylic acids is 2. The largest absolute Gasteiger partial charge is 0.550 e. The van der Waals surface area contributed by atoms with E-state index in [1.807, 2.05) is 0 Å². The maximum Gasteiger partial charge on any atom is 0.252 e. The molecular weight excluding hydrogens is 264 g/mol. The molecular formula is C9H8BrN2O3-. The van der Waals surface area contributed by atoms with Crippen molar-refractivity contribution in [3.05, 3.63) is 28.5 Å². The molecule has 1 aromatic rings. The number of amides is 1. The number of carboxylic acids is 1. The van der Waals surface area contributed by atoms with E-state index in [1.165, 1.54) is 6.20 Å². The van der Waals surface area contributed by atoms with Crippen molar-refractivity contribution < 1.29 is 14.7 Å². The van der Waals surface area contributed by atoms with E-state index in [1.54, 1.807) is 12.3 Å². The summed E-state index contributed by atoms with van der Waals surface area (Å²) in [6, 6.07) is 1.60. The predicted octanol–water partition coefficient (Wildman–Crippen LogP) is -0.286. The van der Waals surface area contributed by atoms with Crippen LogP contribution in [0.25, 0.3) is 0 Å². The molecule has 1 N–H and O–H groups in total. The Bertz CT molecular complexity index is 381. The van der Waals surface area contributed by atoms with E-state index in [2.05, 4.69) is 26.2 Å². The minimum atomic E-state index is -1.19. The van der Waals surface area contributed by atoms with Gasteiger partial charge in [0.05, 0.1) is 5.56 Å². The Balaban J connectivity index is 2.50. The molecule has 6 heteroatoms. The first-order valence-electron chi connectivity index (χ1n) is 4.18. The van der Waals surface area contributed by atoms with Crippen LogP contribution in [0.3, 0.4) is 0 Å². The molecule has 1 aromatic heterocycles. The lowest BCUT2D eigenvalue weighted by Crippen LogP contribution is -2.31. The minimum Gasteiger partial charge on any atom is -0.550 e. The molecule has 0 aromatic carbocycles. The molecule has 0 saturated carbocycles. The molecule has 80 valence electrons. The summed E-state index contributed by atoms with van der Waals surface area (Å²) in [5.41, 5.74) is 0.378. The highest BCUT2D eigenvalue weighted by atomic mass is 79.9. The molecule has 0 fully saturated rings. The van der Waals surface area contributed by atoms with Crippen LogP contribution in [0.15, 0.2) is 22.9 Å². The first-order chi connectivity index (χ1) is 7.09. The van der Waals surface area contributed by atoms with Crippen LogP contribution < -0.4 is 10.4 Å². The highest BCUT2D eigenvalue weighted by molar-refractivity contribution is 9.10. The van der Waals surface area contributed by atoms with Crippen molar-refractivity contribution in [1.82, 2.24) is 10.3 Å². The van der Waals surface area contributed by atoms with E-state index in [0.717, 1.165) is 0 Å². The van der Waals surface area contributed by atoms with Gasteiger partial charge < -0.3 is 15.2 Å². The molecule has 0 aliphatic carbocycles. The number of carboxylic acid groups (broad SMARTS) is 1. The minimum absolute atomic E-state index is 0.0493. The summed E-state index contributed by atoms with van der Waals surface area (Å²) in [6.07, 6.45) is 2.75. The van der Waals surface area contributed by atoms with Crippen LogP contribution >= 0.6 is 15.9 Å². The molecule has 0 aliphatic rings. The number of aliphatic carboxylic acids is 1. The van der Waals surface area contributed by atoms with Crippen molar-refractivity contribution in [2.24, 2.45) is 0 Å². The average Bonchev–Trinajstić information content (AvgIpc) is 2.17. The summed E-state index contributed by atoms with van der Waals surface area (Å²) in [5, 5.41) is 12.5. The van der Waals surface area contributed by atoms with Gasteiger partial charge in [-0.3, -0.25) is 9.78 Å². The third kappa shape index (κ3) is 4.07. The monoisotopic (exact) mass is 271 g/mol. The third-order valence-corrected chi connectivity index (χ3v) is 2.02. The quantitative estimate of drug-likeness (QED) is 0.816. The van der Waals surface area contributed by atoms with Gasteiger partial charge in [0.25, 0.3) is 5.91 Å². The van der Waals surface area contributed by atoms with Crippen LogP contribution in [0.2, 0.25) is 0 Å². The number of nitrogens with zero attached hydrogens (tertiary/aromatic N) is 1. The average molecular weight is 272 g/mol. The topological polar surface area (TPSA) is 82.1 Å². The van der Waals surface area contributed by atoms with Gasteiger partial charge in [0.1, 0.15) is 0 Å². The van der Waals surface area contributed by atoms with Crippen molar-refractivity contribution in [3.8, 4) is 0 Å². The van der Waals surface area contributed by atoms with E-state index >= 15 is 0 Å². The molecule has 1 rings (SSSR count). The molecule has 0 aliphatic heterocycles. The van der Waals surface area contributed by atoms with Gasteiger partial charge in [-0.1, -0.05) is 0 Å². The maximum absolute atomic E-state index is 11.4. The fraction of sp³-hybridized carbons (Fsp3) is 0.222. The van der Waals surface area contributed by atoms with Crippen LogP contribution in [0.4, 0.5) is 0 Å². The second-order valence-electron chi connectivity index (χ2n) is 2.77. The highest BCUT2D eigenvalue weighted by Gasteiger charge is 2.05. The zero-order valence-corrected chi connectivity index (χ0v) is 9.28. The van der Waals surface area contributed by atoms with Gasteiger partial charge >= 0.3 is 0 Å². The molecule has 15 heavy (non-hydrogen) atoms. The van der Waals surface area contributed by atoms with Crippen LogP contribution in [-0.4, -0.2) is 23.4 Å². The molecule has 0 radical (unpaired) electrons. The summed E-state index contributed by atoms with van der Waals surface area (Å²) in [6.45, 7) is 0.0493. The zero-order chi connectivity index (χ0) is 11.3. The van der Waals surface area contributed by atoms with E-state index in [9.17, 15) is 14.7 Å². The van der Waals surface area contributed by atoms with Crippen molar-refractivity contribution >= 4 is 27.8 Å². The van der Waals surface area contributed by atoms with E-state index in [4.69, 9.17) is 0 Å². The Kier molecular flexibility index (Phi) is 4.23. The second kappa shape index (κ2) is 5.45. The Morgan fingerprint density at radius 1 is 1.47 bits per heavy atom. The molecule has 0 bridgehead atoms. The first kappa shape index (κ1) is 11.6. The van der Waals surface area contributed by atoms with Crippen molar-refractivity contribution in [1.29, 1.82) is 0 Å². The lowest BCUT2D eigenvalue weighted by Gasteiger charge is -2.05. The molecule has 0 unspecified atom stereocenters. The molecule has 5 nitrogen and oxygen atoms in total. The SMILES string of the molecule is O=C([O-])CCNC(=O)c1cncc(Br)c1. The summed E-state index contributed by atoms with van der Waals surface area (Å²) in [7, 11) is 0. The predicted molar refractivity (Wildman–Crippen MR) is 53.9 cm³/mol. The summed E-state index contributed by atoms with van der Waals surface area (Å²) < 4.78 is 0.690. The van der Waals surface area contributed by atoms with Gasteiger partial charge in [0, 0.05) is 35.8 Å². The summed E-state index contributed by atoms with van der Waals surface area (Å²) in [4.78, 5) is 25.3. The smallest absolute Gasteiger partial charge is 0.252 e. The van der Waals surface area contributed by atoms with E-state index in [0.29, 0.717) is 10.0 Å². The Morgan fingerprint density at radius 3 is 2.80 bits per heavy atom. The third-order valence-electron chi connectivity index (χ3n) is 1.58. The first-order valence-corrected chi connectivity index (χ1v) is 4.97. The van der Waals surface area contributed by atoms with Crippen molar-refractivity contribution in [2.75, 3.05) is 6.54 Å². The molecule has 0 atom stereocenters. The van der Waals surface area contributed by atoms with E-state index in [-0.39, 0.29) is 18.9 Å². The second-order valence-corrected chi connectivity index (χ2v) is 3.69. The number of nitrogens with one attached hydrogen (secondary N) is 1. The number of hydrogen-bond acceptors (Lipinski definition) is 4. The van der Waals surface area contributed by atoms with Gasteiger partial charge in [-0.05, 0) is 22.0 Å². The Hall–Kier alpha value is -1.43. The Morgan fingerprint density at radius 2 is 2.20 bits per heavy atom. The standard InChI is InChI=1S/C9H9BrN2O3/c10-7-3-6(4-11-5-7)9(15)12-2-1-8(13)14/h3-5H,1-2H2,(H,12,15)(H,13,14)/p-1. The molecule has 1 heterocycles. The number of pyridine rings is 1. The number of halogens is 1. The highest BCUT2D eigenvalue weighted by Crippen LogP contribution is 2.09. The molecule has 0 saturated heterocycles. The fourth-order valence-electron chi connectivity index (χ4n) is 0.916. The lowest BCUT2D eigenvalue weighted by molar-refractivity contribution is -0.305. The van der Waals surface area contributed by atoms with Gasteiger partial charge in [-0.2, -0.15) is 0 Å². The van der Waals surface area contributed by atoms with Crippen LogP contribution in [0.5, 0.6) is 0 Å². The lowest BCUT2D eigenvalue weighted by atomic mass is 10.2. The van der Waals surface area contributed by atoms with Crippen molar-refractivity contribution in [3.63, 3.8) is 0 Å². The summed E-state index contributed by atoms with van der Waals surface area (Å²) in [5.74, 6) is -1.55. The molecule has 0 spiro atoms. The zero-order valence-electron chi connectivity index (χ0n) is 7.70. The van der Waals surface area contributed by atoms with Gasteiger partial charge in [0.15, 0.2) is 0 Å². The van der Waals surface area contributed by atoms with Gasteiger partial charge in [-0.15, -0.1) is 0 Å². The fourth-order valence-corrected chi connectivity index (χ4v) is 1.28. The summed E-state index contributed by atoms with van der Waals surface area (Å²) >= 11 is 3.18. The van der Waals surface area contributed by atoms with Crippen molar-refractivity contribution in [2.45, 2.75) is 6.42 Å². The van der Waals surface area contributed by atoms with Gasteiger partial charge in [-0.25, -0.2) is 0 Å². The van der Waals surface area contributed by atoms with Crippen LogP contribution in [-0.2, 0) is 4.79 Å². The number of hydrogen-bond donors (Lipinski definition) is 1. The molecule has 1 amide bonds. The van der Waals surface area contributed by atoms with E-state index < -0.39 is 5.97 Å². The van der Waals surface area contributed by atoms with Gasteiger partial charge in [0.2, 0.25) is 0 Å². The van der Waals surface area contributed by atoms with Crippen LogP contribution in [0, 0.1) is 0 Å². The maximum atomic E-state index is 11.4. The number of rotatable bonds is 4.